The monoisotopic (exact) mass is 526 g/mol. The summed E-state index contributed by atoms with van der Waals surface area (Å²) < 4.78 is 82.2. The van der Waals surface area contributed by atoms with Gasteiger partial charge in [0.2, 0.25) is 0 Å². The third kappa shape index (κ3) is 7.40. The highest BCUT2D eigenvalue weighted by atomic mass is 19.2. The van der Waals surface area contributed by atoms with Gasteiger partial charge in [0.05, 0.1) is 12.7 Å². The summed E-state index contributed by atoms with van der Waals surface area (Å²) in [5.74, 6) is -9.63. The molecule has 0 radical (unpaired) electrons. The molecule has 12 heteroatoms. The van der Waals surface area contributed by atoms with Crippen molar-refractivity contribution >= 4 is 0 Å². The molecular weight excluding hydrogens is 498 g/mol. The maximum atomic E-state index is 14.3. The van der Waals surface area contributed by atoms with Gasteiger partial charge in [-0.15, -0.1) is 0 Å². The van der Waals surface area contributed by atoms with Crippen LogP contribution in [-0.4, -0.2) is 67.8 Å². The molecule has 0 heterocycles. The maximum absolute atomic E-state index is 14.3. The summed E-state index contributed by atoms with van der Waals surface area (Å²) in [5, 5.41) is 59.5. The summed E-state index contributed by atoms with van der Waals surface area (Å²) in [7, 11) is 0. The molecule has 0 aliphatic carbocycles. The Bertz CT molecular complexity index is 1030. The van der Waals surface area contributed by atoms with Crippen molar-refractivity contribution in [3.05, 3.63) is 70.3 Å². The number of hydrogen-bond acceptors (Lipinski definition) is 6. The van der Waals surface area contributed by atoms with E-state index in [1.165, 1.54) is 6.92 Å². The quantitative estimate of drug-likeness (QED) is 0.185. The van der Waals surface area contributed by atoms with Crippen molar-refractivity contribution in [3.8, 4) is 0 Å². The normalized spacial score (nSPS) is 17.8. The molecule has 6 N–H and O–H groups in total. The lowest BCUT2D eigenvalue weighted by atomic mass is 9.80. The van der Waals surface area contributed by atoms with E-state index in [0.29, 0.717) is 18.2 Å². The molecule has 0 saturated heterocycles. The molecule has 0 spiro atoms. The average molecular weight is 526 g/mol. The van der Waals surface area contributed by atoms with Crippen molar-refractivity contribution in [2.45, 2.75) is 56.7 Å². The van der Waals surface area contributed by atoms with Crippen LogP contribution in [0.4, 0.5) is 26.3 Å². The highest BCUT2D eigenvalue weighted by Crippen LogP contribution is 2.29. The minimum atomic E-state index is -2.18. The second-order valence-electron chi connectivity index (χ2n) is 8.94. The predicted octanol–water partition coefficient (Wildman–Crippen LogP) is 1.75. The van der Waals surface area contributed by atoms with E-state index in [-0.39, 0.29) is 24.5 Å². The summed E-state index contributed by atoms with van der Waals surface area (Å²) in [6.45, 7) is 0.524. The zero-order valence-corrected chi connectivity index (χ0v) is 19.1. The first kappa shape index (κ1) is 30.0. The molecule has 3 unspecified atom stereocenters. The Labute approximate surface area is 203 Å². The first-order valence-corrected chi connectivity index (χ1v) is 11.0. The second-order valence-corrected chi connectivity index (χ2v) is 8.94. The third-order valence-corrected chi connectivity index (χ3v) is 6.05. The van der Waals surface area contributed by atoms with Crippen LogP contribution >= 0.6 is 0 Å². The van der Waals surface area contributed by atoms with Gasteiger partial charge >= 0.3 is 0 Å². The van der Waals surface area contributed by atoms with E-state index in [4.69, 9.17) is 5.11 Å². The molecule has 0 aliphatic rings. The zero-order valence-electron chi connectivity index (χ0n) is 19.1. The number of aliphatic hydroxyl groups is 6. The van der Waals surface area contributed by atoms with E-state index in [2.05, 4.69) is 0 Å². The van der Waals surface area contributed by atoms with Crippen LogP contribution in [0, 0.1) is 46.7 Å². The van der Waals surface area contributed by atoms with Crippen LogP contribution in [0.25, 0.3) is 0 Å². The van der Waals surface area contributed by atoms with Crippen LogP contribution in [0.2, 0.25) is 0 Å². The molecule has 2 aromatic rings. The molecule has 0 aliphatic heterocycles. The van der Waals surface area contributed by atoms with Gasteiger partial charge in [-0.25, -0.2) is 26.3 Å². The Morgan fingerprint density at radius 1 is 0.583 bits per heavy atom. The van der Waals surface area contributed by atoms with Gasteiger partial charge in [-0.3, -0.25) is 0 Å². The molecule has 6 nitrogen and oxygen atoms in total. The minimum Gasteiger partial charge on any atom is -0.394 e. The molecule has 202 valence electrons. The van der Waals surface area contributed by atoms with Gasteiger partial charge in [-0.1, -0.05) is 6.92 Å². The number of rotatable bonds is 12. The summed E-state index contributed by atoms with van der Waals surface area (Å²) in [6, 6.07) is 1.82. The first-order valence-electron chi connectivity index (χ1n) is 11.0. The Morgan fingerprint density at radius 3 is 1.47 bits per heavy atom. The lowest BCUT2D eigenvalue weighted by molar-refractivity contribution is -0.149. The molecule has 2 aromatic carbocycles. The van der Waals surface area contributed by atoms with Crippen molar-refractivity contribution in [3.63, 3.8) is 0 Å². The molecule has 0 aromatic heterocycles. The smallest absolute Gasteiger partial charge is 0.161 e. The van der Waals surface area contributed by atoms with Crippen LogP contribution in [0.3, 0.4) is 0 Å². The molecule has 7 atom stereocenters. The number of aliphatic hydroxyl groups excluding tert-OH is 6. The molecule has 0 amide bonds. The number of halogens is 6. The van der Waals surface area contributed by atoms with Gasteiger partial charge in [0.15, 0.2) is 23.3 Å². The fraction of sp³-hybridized carbons (Fsp3) is 0.500. The van der Waals surface area contributed by atoms with Crippen molar-refractivity contribution in [1.82, 2.24) is 0 Å². The van der Waals surface area contributed by atoms with Crippen molar-refractivity contribution in [2.24, 2.45) is 11.8 Å². The fourth-order valence-electron chi connectivity index (χ4n) is 4.06. The van der Waals surface area contributed by atoms with Gasteiger partial charge in [0.1, 0.15) is 36.1 Å². The lowest BCUT2D eigenvalue weighted by Crippen LogP contribution is -2.52. The standard InChI is InChI=1S/C24H28F6O6/c1-10(2-11-5-16(27)18(29)7-14(11)25)3-13(4-12-6-17(28)19(30)8-15(12)26)21(33)23(35)24(36)22(34)20(32)9-31/h5-8,10,13,20-24,31-36H,2-4,9H2,1H3/t10?,13?,20-,21?,22+,23+,24-/m0/s1. The zero-order chi connectivity index (χ0) is 27.3. The van der Waals surface area contributed by atoms with Gasteiger partial charge in [0.25, 0.3) is 0 Å². The molecule has 2 rings (SSSR count). The largest absolute Gasteiger partial charge is 0.394 e. The Morgan fingerprint density at radius 2 is 1.00 bits per heavy atom. The summed E-state index contributed by atoms with van der Waals surface area (Å²) in [5.41, 5.74) is -0.613. The van der Waals surface area contributed by atoms with E-state index in [9.17, 15) is 51.9 Å². The summed E-state index contributed by atoms with van der Waals surface area (Å²) in [6.07, 6.45) is -11.2. The van der Waals surface area contributed by atoms with Gasteiger partial charge in [-0.2, -0.15) is 0 Å². The molecule has 0 fully saturated rings. The first-order chi connectivity index (χ1) is 16.8. The average Bonchev–Trinajstić information content (AvgIpc) is 2.82. The molecule has 0 bridgehead atoms. The van der Waals surface area contributed by atoms with E-state index < -0.39 is 95.9 Å². The van der Waals surface area contributed by atoms with Crippen LogP contribution in [0.1, 0.15) is 24.5 Å². The van der Waals surface area contributed by atoms with Crippen LogP contribution in [0.15, 0.2) is 24.3 Å². The van der Waals surface area contributed by atoms with Crippen molar-refractivity contribution in [1.29, 1.82) is 0 Å². The SMILES string of the molecule is CC(Cc1cc(F)c(F)cc1F)CC(Cc1cc(F)c(F)cc1F)C(O)[C@@H](O)[C@@H](O)[C@H](O)[C@@H](O)CO. The van der Waals surface area contributed by atoms with E-state index in [0.717, 1.165) is 0 Å². The molecule has 36 heavy (non-hydrogen) atoms. The Balaban J connectivity index is 2.32. The van der Waals surface area contributed by atoms with E-state index in [1.807, 2.05) is 0 Å². The summed E-state index contributed by atoms with van der Waals surface area (Å²) >= 11 is 0. The minimum absolute atomic E-state index is 0.180. The fourth-order valence-corrected chi connectivity index (χ4v) is 4.06. The number of benzene rings is 2. The predicted molar refractivity (Wildman–Crippen MR) is 114 cm³/mol. The van der Waals surface area contributed by atoms with Crippen molar-refractivity contribution < 1.29 is 57.0 Å². The topological polar surface area (TPSA) is 121 Å². The highest BCUT2D eigenvalue weighted by molar-refractivity contribution is 5.22. The Kier molecular flexibility index (Phi) is 10.7. The van der Waals surface area contributed by atoms with Gasteiger partial charge in [-0.05, 0) is 54.4 Å². The van der Waals surface area contributed by atoms with Crippen LogP contribution in [0.5, 0.6) is 0 Å². The molecular formula is C24H28F6O6. The van der Waals surface area contributed by atoms with Crippen molar-refractivity contribution in [2.75, 3.05) is 6.61 Å². The third-order valence-electron chi connectivity index (χ3n) is 6.05. The molecule has 0 saturated carbocycles. The van der Waals surface area contributed by atoms with Crippen LogP contribution in [-0.2, 0) is 12.8 Å². The van der Waals surface area contributed by atoms with Gasteiger partial charge < -0.3 is 30.6 Å². The van der Waals surface area contributed by atoms with Crippen LogP contribution < -0.4 is 0 Å². The lowest BCUT2D eigenvalue weighted by Gasteiger charge is -2.34. The van der Waals surface area contributed by atoms with E-state index in [1.54, 1.807) is 0 Å². The Hall–Kier alpha value is -2.22. The van der Waals surface area contributed by atoms with Gasteiger partial charge in [0, 0.05) is 12.1 Å². The van der Waals surface area contributed by atoms with E-state index >= 15 is 0 Å². The summed E-state index contributed by atoms with van der Waals surface area (Å²) in [4.78, 5) is 0. The second kappa shape index (κ2) is 12.8. The number of hydrogen-bond donors (Lipinski definition) is 6. The maximum Gasteiger partial charge on any atom is 0.161 e. The highest BCUT2D eigenvalue weighted by Gasteiger charge is 2.38.